The molecule has 0 aliphatic rings. The van der Waals surface area contributed by atoms with Crippen LogP contribution in [0, 0.1) is 0 Å². The van der Waals surface area contributed by atoms with Crippen LogP contribution in [-0.4, -0.2) is 10.8 Å². The number of rotatable bonds is 2. The van der Waals surface area contributed by atoms with Crippen LogP contribution in [-0.2, 0) is 3.63 Å². The fourth-order valence-corrected chi connectivity index (χ4v) is 0.274. The molecule has 0 amide bonds. The Labute approximate surface area is 39.5 Å². The van der Waals surface area contributed by atoms with E-state index in [2.05, 4.69) is 3.63 Å². The average Bonchev–Trinajstić information content (AvgIpc) is 1.41. The van der Waals surface area contributed by atoms with Gasteiger partial charge in [-0.15, -0.1) is 0 Å². The van der Waals surface area contributed by atoms with Crippen LogP contribution in [0.5, 0.6) is 0 Å². The SMILES string of the molecule is CSOSO. The normalized spacial score (nSPS) is 8.40. The van der Waals surface area contributed by atoms with E-state index >= 15 is 0 Å². The van der Waals surface area contributed by atoms with Crippen molar-refractivity contribution in [3.63, 3.8) is 0 Å². The zero-order valence-corrected chi connectivity index (χ0v) is 4.30. The summed E-state index contributed by atoms with van der Waals surface area (Å²) in [5, 5.41) is 0. The van der Waals surface area contributed by atoms with E-state index in [0.29, 0.717) is 12.3 Å². The van der Waals surface area contributed by atoms with E-state index in [1.54, 1.807) is 6.26 Å². The molecule has 0 spiro atoms. The molecule has 4 heteroatoms. The highest BCUT2D eigenvalue weighted by molar-refractivity contribution is 8.05. The summed E-state index contributed by atoms with van der Waals surface area (Å²) in [6.07, 6.45) is 1.73. The van der Waals surface area contributed by atoms with Crippen LogP contribution in [0.25, 0.3) is 0 Å². The zero-order chi connectivity index (χ0) is 4.12. The van der Waals surface area contributed by atoms with Gasteiger partial charge in [0.05, 0.1) is 0 Å². The van der Waals surface area contributed by atoms with E-state index in [0.717, 1.165) is 12.0 Å². The maximum atomic E-state index is 7.74. The Balaban J connectivity index is 2.19. The van der Waals surface area contributed by atoms with E-state index < -0.39 is 0 Å². The largest absolute Gasteiger partial charge is 0.306 e. The van der Waals surface area contributed by atoms with Crippen molar-refractivity contribution in [3.05, 3.63) is 0 Å². The first-order chi connectivity index (χ1) is 2.41. The lowest BCUT2D eigenvalue weighted by Gasteiger charge is -1.79. The number of hydrogen-bond acceptors (Lipinski definition) is 4. The molecule has 0 atom stereocenters. The van der Waals surface area contributed by atoms with E-state index in [1.165, 1.54) is 0 Å². The summed E-state index contributed by atoms with van der Waals surface area (Å²) in [6.45, 7) is 0. The van der Waals surface area contributed by atoms with Crippen molar-refractivity contribution in [2.24, 2.45) is 0 Å². The molecular weight excluding hydrogens is 108 g/mol. The maximum absolute atomic E-state index is 7.74. The van der Waals surface area contributed by atoms with Crippen molar-refractivity contribution < 1.29 is 8.18 Å². The molecule has 0 radical (unpaired) electrons. The third-order valence-electron chi connectivity index (χ3n) is 0.0985. The first-order valence-corrected chi connectivity index (χ1v) is 2.77. The van der Waals surface area contributed by atoms with Crippen molar-refractivity contribution in [1.29, 1.82) is 0 Å². The second kappa shape index (κ2) is 4.62. The minimum atomic E-state index is 0.365. The Morgan fingerprint density at radius 2 is 2.40 bits per heavy atom. The molecule has 0 unspecified atom stereocenters. The summed E-state index contributed by atoms with van der Waals surface area (Å²) >= 11 is 1.48. The van der Waals surface area contributed by atoms with Crippen LogP contribution in [0.2, 0.25) is 0 Å². The van der Waals surface area contributed by atoms with Crippen LogP contribution in [0.4, 0.5) is 0 Å². The molecule has 0 aliphatic carbocycles. The third-order valence-corrected chi connectivity index (χ3v) is 0.886. The first-order valence-electron chi connectivity index (χ1n) is 0.924. The number of hydrogen-bond donors (Lipinski definition) is 1. The minimum absolute atomic E-state index is 0.365. The van der Waals surface area contributed by atoms with Gasteiger partial charge in [0.25, 0.3) is 0 Å². The molecular formula is CH4O2S2. The fraction of sp³-hybridized carbons (Fsp3) is 1.00. The van der Waals surface area contributed by atoms with Gasteiger partial charge >= 0.3 is 0 Å². The molecule has 0 fully saturated rings. The second-order valence-corrected chi connectivity index (χ2v) is 1.34. The summed E-state index contributed by atoms with van der Waals surface area (Å²) < 4.78 is 12.0. The van der Waals surface area contributed by atoms with Crippen molar-refractivity contribution in [1.82, 2.24) is 0 Å². The van der Waals surface area contributed by atoms with E-state index in [-0.39, 0.29) is 0 Å². The lowest BCUT2D eigenvalue weighted by molar-refractivity contribution is 0.584. The van der Waals surface area contributed by atoms with Crippen LogP contribution >= 0.6 is 24.4 Å². The minimum Gasteiger partial charge on any atom is -0.306 e. The van der Waals surface area contributed by atoms with Crippen LogP contribution in [0.3, 0.4) is 0 Å². The molecule has 0 rings (SSSR count). The first kappa shape index (κ1) is 5.62. The highest BCUT2D eigenvalue weighted by atomic mass is 32.2. The average molecular weight is 112 g/mol. The summed E-state index contributed by atoms with van der Waals surface area (Å²) in [7, 11) is 0. The molecule has 0 aromatic carbocycles. The highest BCUT2D eigenvalue weighted by Gasteiger charge is 1.69. The summed E-state index contributed by atoms with van der Waals surface area (Å²) in [5.41, 5.74) is 0. The molecule has 0 saturated heterocycles. The Bertz CT molecular complexity index is 15.1. The van der Waals surface area contributed by atoms with E-state index in [1.807, 2.05) is 0 Å². The Kier molecular flexibility index (Phi) is 5.19. The molecule has 0 bridgehead atoms. The summed E-state index contributed by atoms with van der Waals surface area (Å²) in [4.78, 5) is 0. The van der Waals surface area contributed by atoms with Crippen molar-refractivity contribution in [2.45, 2.75) is 0 Å². The Morgan fingerprint density at radius 1 is 1.80 bits per heavy atom. The molecule has 0 aliphatic heterocycles. The summed E-state index contributed by atoms with van der Waals surface area (Å²) in [6, 6.07) is 0. The van der Waals surface area contributed by atoms with Gasteiger partial charge in [-0.25, -0.2) is 3.63 Å². The van der Waals surface area contributed by atoms with Gasteiger partial charge in [0.15, 0.2) is 12.3 Å². The molecule has 0 aromatic rings. The van der Waals surface area contributed by atoms with Crippen molar-refractivity contribution in [3.8, 4) is 0 Å². The summed E-state index contributed by atoms with van der Waals surface area (Å²) in [5.74, 6) is 0. The van der Waals surface area contributed by atoms with E-state index in [9.17, 15) is 0 Å². The van der Waals surface area contributed by atoms with Gasteiger partial charge in [-0.2, -0.15) is 0 Å². The van der Waals surface area contributed by atoms with Gasteiger partial charge in [-0.05, 0) is 0 Å². The van der Waals surface area contributed by atoms with E-state index in [4.69, 9.17) is 4.55 Å². The molecule has 0 aromatic heterocycles. The molecule has 32 valence electrons. The van der Waals surface area contributed by atoms with Crippen LogP contribution in [0.1, 0.15) is 0 Å². The lowest BCUT2D eigenvalue weighted by Crippen LogP contribution is -1.52. The predicted molar refractivity (Wildman–Crippen MR) is 24.8 cm³/mol. The zero-order valence-electron chi connectivity index (χ0n) is 2.67. The topological polar surface area (TPSA) is 29.5 Å². The monoisotopic (exact) mass is 112 g/mol. The van der Waals surface area contributed by atoms with Gasteiger partial charge in [0.2, 0.25) is 0 Å². The molecule has 5 heavy (non-hydrogen) atoms. The standard InChI is InChI=1S/CH4O2S2/c1-4-3-5-2/h2H,1H3. The fourth-order valence-electron chi connectivity index (χ4n) is 0.0304. The van der Waals surface area contributed by atoms with Crippen LogP contribution < -0.4 is 0 Å². The molecule has 1 N–H and O–H groups in total. The second-order valence-electron chi connectivity index (χ2n) is 0.309. The quantitative estimate of drug-likeness (QED) is 0.547. The lowest BCUT2D eigenvalue weighted by atomic mass is 12.0. The highest BCUT2D eigenvalue weighted by Crippen LogP contribution is 2.04. The van der Waals surface area contributed by atoms with Gasteiger partial charge in [0.1, 0.15) is 0 Å². The Hall–Kier alpha value is 0.620. The maximum Gasteiger partial charge on any atom is 0.168 e. The van der Waals surface area contributed by atoms with Crippen molar-refractivity contribution >= 4 is 24.4 Å². The molecule has 2 nitrogen and oxygen atoms in total. The van der Waals surface area contributed by atoms with Gasteiger partial charge < -0.3 is 4.55 Å². The van der Waals surface area contributed by atoms with Gasteiger partial charge in [-0.1, -0.05) is 0 Å². The van der Waals surface area contributed by atoms with Gasteiger partial charge in [0, 0.05) is 18.3 Å². The van der Waals surface area contributed by atoms with Gasteiger partial charge in [-0.3, -0.25) is 0 Å². The Morgan fingerprint density at radius 3 is 2.40 bits per heavy atom. The smallest absolute Gasteiger partial charge is 0.168 e. The predicted octanol–water partition coefficient (Wildman–Crippen LogP) is 1.40. The van der Waals surface area contributed by atoms with Crippen LogP contribution in [0.15, 0.2) is 0 Å². The molecule has 0 heterocycles. The van der Waals surface area contributed by atoms with Crippen molar-refractivity contribution in [2.75, 3.05) is 6.26 Å². The third kappa shape index (κ3) is 4.62. The molecule has 0 saturated carbocycles.